The van der Waals surface area contributed by atoms with Crippen molar-refractivity contribution in [2.24, 2.45) is 0 Å². The van der Waals surface area contributed by atoms with Crippen LogP contribution in [0, 0.1) is 6.42 Å². The average Bonchev–Trinajstić information content (AvgIpc) is 2.03. The molecule has 0 N–H and O–H groups in total. The van der Waals surface area contributed by atoms with Gasteiger partial charge < -0.3 is 0 Å². The Bertz CT molecular complexity index is 196. The predicted molar refractivity (Wildman–Crippen MR) is 30.8 cm³/mol. The number of rotatable bonds is 4. The van der Waals surface area contributed by atoms with E-state index in [0.717, 1.165) is 0 Å². The molecule has 0 atom stereocenters. The van der Waals surface area contributed by atoms with E-state index in [0.29, 0.717) is 6.92 Å². The minimum atomic E-state index is -6.11. The Kier molecular flexibility index (Phi) is 3.40. The van der Waals surface area contributed by atoms with E-state index in [4.69, 9.17) is 0 Å². The summed E-state index contributed by atoms with van der Waals surface area (Å²) < 4.78 is 95.6. The Balaban J connectivity index is 5.14. The van der Waals surface area contributed by atoms with E-state index in [-0.39, 0.29) is 0 Å². The highest BCUT2D eigenvalue weighted by Gasteiger charge is 2.74. The van der Waals surface area contributed by atoms with Gasteiger partial charge in [0.15, 0.2) is 0 Å². The summed E-state index contributed by atoms with van der Waals surface area (Å²) in [4.78, 5) is 0. The Morgan fingerprint density at radius 3 is 1.50 bits per heavy atom. The van der Waals surface area contributed by atoms with Gasteiger partial charge in [0, 0.05) is 6.42 Å². The van der Waals surface area contributed by atoms with Crippen LogP contribution < -0.4 is 0 Å². The van der Waals surface area contributed by atoms with Crippen molar-refractivity contribution in [3.05, 3.63) is 6.42 Å². The van der Waals surface area contributed by atoms with Crippen LogP contribution in [0.5, 0.6) is 0 Å². The topological polar surface area (TPSA) is 0 Å². The van der Waals surface area contributed by atoms with Crippen molar-refractivity contribution >= 4 is 0 Å². The Labute approximate surface area is 73.9 Å². The third-order valence-electron chi connectivity index (χ3n) is 1.47. The molecule has 0 saturated carbocycles. The van der Waals surface area contributed by atoms with Gasteiger partial charge in [-0.25, -0.2) is 8.78 Å². The second-order valence-electron chi connectivity index (χ2n) is 2.41. The maximum atomic E-state index is 12.2. The third kappa shape index (κ3) is 1.78. The molecule has 0 fully saturated rings. The molecule has 0 rings (SSSR count). The van der Waals surface area contributed by atoms with Crippen molar-refractivity contribution < 1.29 is 35.1 Å². The van der Waals surface area contributed by atoms with Gasteiger partial charge in [-0.05, 0) is 0 Å². The Morgan fingerprint density at radius 2 is 1.29 bits per heavy atom. The van der Waals surface area contributed by atoms with Crippen LogP contribution in [0.2, 0.25) is 0 Å². The van der Waals surface area contributed by atoms with Crippen molar-refractivity contribution in [2.45, 2.75) is 31.1 Å². The first-order valence-corrected chi connectivity index (χ1v) is 3.23. The Morgan fingerprint density at radius 1 is 0.929 bits per heavy atom. The van der Waals surface area contributed by atoms with Crippen molar-refractivity contribution in [3.63, 3.8) is 0 Å². The van der Waals surface area contributed by atoms with Crippen LogP contribution in [0.4, 0.5) is 35.1 Å². The lowest BCUT2D eigenvalue weighted by molar-refractivity contribution is -0.328. The molecule has 8 heteroatoms. The molecule has 0 bridgehead atoms. The summed E-state index contributed by atoms with van der Waals surface area (Å²) in [6, 6.07) is 0. The number of halogens is 8. The summed E-state index contributed by atoms with van der Waals surface area (Å²) in [5.74, 6) is -17.5. The molecule has 0 saturated heterocycles. The van der Waals surface area contributed by atoms with Gasteiger partial charge in [-0.15, -0.1) is 0 Å². The molecule has 0 aliphatic carbocycles. The second kappa shape index (κ2) is 3.54. The molecule has 0 aliphatic rings. The van der Waals surface area contributed by atoms with Gasteiger partial charge in [0.25, 0.3) is 0 Å². The van der Waals surface area contributed by atoms with E-state index in [1.54, 1.807) is 0 Å². The summed E-state index contributed by atoms with van der Waals surface area (Å²) in [6.07, 6.45) is -5.41. The predicted octanol–water partition coefficient (Wildman–Crippen LogP) is 3.38. The molecule has 0 amide bonds. The van der Waals surface area contributed by atoms with E-state index in [1.807, 2.05) is 0 Å². The fraction of sp³-hybridized carbons (Fsp3) is 0.833. The van der Waals surface area contributed by atoms with Crippen molar-refractivity contribution in [3.8, 4) is 0 Å². The Hall–Kier alpha value is -0.560. The molecule has 0 aromatic heterocycles. The fourth-order valence-electron chi connectivity index (χ4n) is 0.541. The lowest BCUT2D eigenvalue weighted by Crippen LogP contribution is -2.57. The summed E-state index contributed by atoms with van der Waals surface area (Å²) in [6.45, 7) is 0.370. The smallest absolute Gasteiger partial charge is 0.203 e. The first kappa shape index (κ1) is 13.4. The van der Waals surface area contributed by atoms with Gasteiger partial charge in [0.05, 0.1) is 0 Å². The second-order valence-corrected chi connectivity index (χ2v) is 2.41. The monoisotopic (exact) mass is 229 g/mol. The van der Waals surface area contributed by atoms with Gasteiger partial charge in [-0.2, -0.15) is 26.3 Å². The van der Waals surface area contributed by atoms with Crippen molar-refractivity contribution in [1.29, 1.82) is 0 Å². The molecule has 0 heterocycles. The van der Waals surface area contributed by atoms with Crippen LogP contribution >= 0.6 is 0 Å². The zero-order valence-corrected chi connectivity index (χ0v) is 6.68. The van der Waals surface area contributed by atoms with Crippen molar-refractivity contribution in [2.75, 3.05) is 0 Å². The van der Waals surface area contributed by atoms with Gasteiger partial charge in [-0.1, -0.05) is 6.92 Å². The van der Waals surface area contributed by atoms with E-state index in [2.05, 4.69) is 0 Å². The molecular formula is C6H5F8. The van der Waals surface area contributed by atoms with Gasteiger partial charge in [0.2, 0.25) is 0 Å². The van der Waals surface area contributed by atoms with Crippen LogP contribution in [-0.2, 0) is 0 Å². The minimum absolute atomic E-state index is 0.370. The molecule has 0 aliphatic heterocycles. The minimum Gasteiger partial charge on any atom is -0.203 e. The van der Waals surface area contributed by atoms with Crippen LogP contribution in [0.1, 0.15) is 6.92 Å². The maximum Gasteiger partial charge on any atom is 0.378 e. The van der Waals surface area contributed by atoms with Gasteiger partial charge in [0.1, 0.15) is 0 Å². The van der Waals surface area contributed by atoms with Crippen molar-refractivity contribution in [1.82, 2.24) is 0 Å². The molecule has 0 unspecified atom stereocenters. The van der Waals surface area contributed by atoms with Gasteiger partial charge in [-0.3, -0.25) is 0 Å². The van der Waals surface area contributed by atoms with E-state index < -0.39 is 30.6 Å². The average molecular weight is 229 g/mol. The first-order valence-electron chi connectivity index (χ1n) is 3.23. The third-order valence-corrected chi connectivity index (χ3v) is 1.47. The quantitative estimate of drug-likeness (QED) is 0.648. The summed E-state index contributed by atoms with van der Waals surface area (Å²) in [7, 11) is 0. The standard InChI is InChI=1S/C6H5F8/c1-2-4(9,10)6(13,14)5(11,12)3(7)8/h2-3H,1H3. The fourth-order valence-corrected chi connectivity index (χ4v) is 0.541. The lowest BCUT2D eigenvalue weighted by atomic mass is 10.0. The molecule has 0 aromatic rings. The molecule has 1 radical (unpaired) electrons. The van der Waals surface area contributed by atoms with Gasteiger partial charge >= 0.3 is 24.2 Å². The van der Waals surface area contributed by atoms with Crippen LogP contribution in [0.25, 0.3) is 0 Å². The lowest BCUT2D eigenvalue weighted by Gasteiger charge is -2.31. The van der Waals surface area contributed by atoms with Crippen LogP contribution in [-0.4, -0.2) is 24.2 Å². The highest BCUT2D eigenvalue weighted by molar-refractivity contribution is 5.02. The molecule has 0 aromatic carbocycles. The van der Waals surface area contributed by atoms with E-state index >= 15 is 0 Å². The molecular weight excluding hydrogens is 224 g/mol. The van der Waals surface area contributed by atoms with E-state index in [1.165, 1.54) is 0 Å². The first-order chi connectivity index (χ1) is 6.00. The SMILES string of the molecule is C[CH]C(F)(F)C(F)(F)C(F)(F)C(F)F. The number of alkyl halides is 8. The van der Waals surface area contributed by atoms with Crippen LogP contribution in [0.15, 0.2) is 0 Å². The molecule has 0 spiro atoms. The molecule has 85 valence electrons. The van der Waals surface area contributed by atoms with Crippen LogP contribution in [0.3, 0.4) is 0 Å². The largest absolute Gasteiger partial charge is 0.378 e. The zero-order valence-electron chi connectivity index (χ0n) is 6.68. The molecule has 0 nitrogen and oxygen atoms in total. The normalized spacial score (nSPS) is 15.0. The van der Waals surface area contributed by atoms with E-state index in [9.17, 15) is 35.1 Å². The molecule has 14 heavy (non-hydrogen) atoms. The zero-order chi connectivity index (χ0) is 11.8. The summed E-state index contributed by atoms with van der Waals surface area (Å²) >= 11 is 0. The summed E-state index contributed by atoms with van der Waals surface area (Å²) in [5.41, 5.74) is 0. The maximum absolute atomic E-state index is 12.2. The highest BCUT2D eigenvalue weighted by Crippen LogP contribution is 2.49. The number of hydrogen-bond donors (Lipinski definition) is 0. The number of hydrogen-bond acceptors (Lipinski definition) is 0. The highest BCUT2D eigenvalue weighted by atomic mass is 19.4. The summed E-state index contributed by atoms with van der Waals surface area (Å²) in [5, 5.41) is 0.